The molecule has 1 unspecified atom stereocenters. The van der Waals surface area contributed by atoms with Crippen LogP contribution in [0.25, 0.3) is 0 Å². The van der Waals surface area contributed by atoms with Crippen molar-refractivity contribution in [1.29, 1.82) is 0 Å². The Morgan fingerprint density at radius 2 is 2.27 bits per heavy atom. The molecule has 0 aliphatic carbocycles. The van der Waals surface area contributed by atoms with Crippen LogP contribution in [0.1, 0.15) is 25.8 Å². The van der Waals surface area contributed by atoms with Crippen molar-refractivity contribution in [2.75, 3.05) is 5.88 Å². The third kappa shape index (κ3) is 4.67. The Bertz CT molecular complexity index is 283. The molecule has 0 fully saturated rings. The normalized spacial score (nSPS) is 13.4. The Labute approximate surface area is 96.8 Å². The Kier molecular flexibility index (Phi) is 5.12. The first-order valence-corrected chi connectivity index (χ1v) is 5.92. The number of aromatic nitrogens is 2. The largest absolute Gasteiger partial charge is 0.309 e. The molecule has 86 valence electrons. The van der Waals surface area contributed by atoms with Crippen molar-refractivity contribution in [2.24, 2.45) is 13.0 Å². The molecule has 0 spiro atoms. The highest BCUT2D eigenvalue weighted by atomic mass is 35.5. The minimum atomic E-state index is 0.395. The lowest BCUT2D eigenvalue weighted by Crippen LogP contribution is -2.31. The van der Waals surface area contributed by atoms with Crippen LogP contribution in [0.5, 0.6) is 0 Å². The zero-order valence-electron chi connectivity index (χ0n) is 9.70. The maximum atomic E-state index is 5.90. The van der Waals surface area contributed by atoms with E-state index in [1.807, 2.05) is 24.1 Å². The molecular weight excluding hydrogens is 210 g/mol. The molecule has 0 radical (unpaired) electrons. The first-order valence-electron chi connectivity index (χ1n) is 5.38. The van der Waals surface area contributed by atoms with Gasteiger partial charge in [0.1, 0.15) is 0 Å². The molecule has 0 saturated carbocycles. The molecule has 0 bridgehead atoms. The third-order valence-electron chi connectivity index (χ3n) is 2.30. The van der Waals surface area contributed by atoms with Crippen LogP contribution < -0.4 is 5.32 Å². The van der Waals surface area contributed by atoms with E-state index in [4.69, 9.17) is 11.6 Å². The summed E-state index contributed by atoms with van der Waals surface area (Å²) in [4.78, 5) is 0. The molecule has 0 aromatic carbocycles. The van der Waals surface area contributed by atoms with Crippen molar-refractivity contribution in [3.05, 3.63) is 18.0 Å². The number of hydrogen-bond acceptors (Lipinski definition) is 2. The lowest BCUT2D eigenvalue weighted by Gasteiger charge is -2.17. The average Bonchev–Trinajstić information content (AvgIpc) is 2.58. The fraction of sp³-hybridized carbons (Fsp3) is 0.727. The minimum absolute atomic E-state index is 0.395. The number of nitrogens with zero attached hydrogens (tertiary/aromatic N) is 2. The van der Waals surface area contributed by atoms with Gasteiger partial charge in [0.05, 0.1) is 6.20 Å². The maximum absolute atomic E-state index is 5.90. The quantitative estimate of drug-likeness (QED) is 0.758. The van der Waals surface area contributed by atoms with Crippen LogP contribution >= 0.6 is 11.6 Å². The van der Waals surface area contributed by atoms with Gasteiger partial charge in [0, 0.05) is 37.3 Å². The Morgan fingerprint density at radius 1 is 1.53 bits per heavy atom. The van der Waals surface area contributed by atoms with Crippen molar-refractivity contribution in [1.82, 2.24) is 15.1 Å². The molecule has 1 aromatic heterocycles. The van der Waals surface area contributed by atoms with Gasteiger partial charge in [-0.1, -0.05) is 13.8 Å². The van der Waals surface area contributed by atoms with Gasteiger partial charge in [-0.25, -0.2) is 0 Å². The summed E-state index contributed by atoms with van der Waals surface area (Å²) in [6.07, 6.45) is 5.02. The highest BCUT2D eigenvalue weighted by Crippen LogP contribution is 2.07. The molecule has 0 saturated heterocycles. The zero-order valence-corrected chi connectivity index (χ0v) is 10.5. The Hall–Kier alpha value is -0.540. The topological polar surface area (TPSA) is 29.9 Å². The van der Waals surface area contributed by atoms with Gasteiger partial charge in [-0.15, -0.1) is 11.6 Å². The van der Waals surface area contributed by atoms with Crippen LogP contribution in [0.2, 0.25) is 0 Å². The average molecular weight is 230 g/mol. The Morgan fingerprint density at radius 3 is 2.73 bits per heavy atom. The van der Waals surface area contributed by atoms with Gasteiger partial charge in [0.15, 0.2) is 0 Å². The molecule has 1 N–H and O–H groups in total. The molecular formula is C11H20ClN3. The molecule has 1 aromatic rings. The third-order valence-corrected chi connectivity index (χ3v) is 2.67. The predicted octanol–water partition coefficient (Wildman–Crippen LogP) is 2.16. The smallest absolute Gasteiger partial charge is 0.0534 e. The SMILES string of the molecule is CC(C)CC(CCl)NCc1cnn(C)c1. The molecule has 0 aliphatic heterocycles. The van der Waals surface area contributed by atoms with E-state index < -0.39 is 0 Å². The molecule has 0 aliphatic rings. The number of halogens is 1. The molecule has 3 nitrogen and oxygen atoms in total. The van der Waals surface area contributed by atoms with Gasteiger partial charge >= 0.3 is 0 Å². The van der Waals surface area contributed by atoms with Crippen LogP contribution in [-0.4, -0.2) is 21.7 Å². The maximum Gasteiger partial charge on any atom is 0.0534 e. The highest BCUT2D eigenvalue weighted by Gasteiger charge is 2.09. The van der Waals surface area contributed by atoms with Gasteiger partial charge in [-0.3, -0.25) is 4.68 Å². The summed E-state index contributed by atoms with van der Waals surface area (Å²) in [6, 6.07) is 0.395. The van der Waals surface area contributed by atoms with E-state index in [0.29, 0.717) is 17.8 Å². The summed E-state index contributed by atoms with van der Waals surface area (Å²) < 4.78 is 1.81. The summed E-state index contributed by atoms with van der Waals surface area (Å²) in [7, 11) is 1.93. The van der Waals surface area contributed by atoms with Crippen LogP contribution in [0, 0.1) is 5.92 Å². The first-order chi connectivity index (χ1) is 7.11. The fourth-order valence-electron chi connectivity index (χ4n) is 1.60. The van der Waals surface area contributed by atoms with Crippen LogP contribution in [0.4, 0.5) is 0 Å². The zero-order chi connectivity index (χ0) is 11.3. The number of alkyl halides is 1. The second-order valence-electron chi connectivity index (χ2n) is 4.38. The van der Waals surface area contributed by atoms with E-state index >= 15 is 0 Å². The standard InChI is InChI=1S/C11H20ClN3/c1-9(2)4-11(5-12)13-6-10-7-14-15(3)8-10/h7-9,11,13H,4-6H2,1-3H3. The van der Waals surface area contributed by atoms with Crippen molar-refractivity contribution in [3.63, 3.8) is 0 Å². The molecule has 15 heavy (non-hydrogen) atoms. The van der Waals surface area contributed by atoms with Crippen LogP contribution in [0.15, 0.2) is 12.4 Å². The summed E-state index contributed by atoms with van der Waals surface area (Å²) in [5.41, 5.74) is 1.20. The van der Waals surface area contributed by atoms with Crippen molar-refractivity contribution < 1.29 is 0 Å². The predicted molar refractivity (Wildman–Crippen MR) is 64.0 cm³/mol. The number of aryl methyl sites for hydroxylation is 1. The highest BCUT2D eigenvalue weighted by molar-refractivity contribution is 6.18. The van der Waals surface area contributed by atoms with Crippen molar-refractivity contribution in [3.8, 4) is 0 Å². The van der Waals surface area contributed by atoms with E-state index in [0.717, 1.165) is 13.0 Å². The summed E-state index contributed by atoms with van der Waals surface area (Å²) in [5.74, 6) is 1.34. The van der Waals surface area contributed by atoms with Gasteiger partial charge in [-0.05, 0) is 12.3 Å². The lowest BCUT2D eigenvalue weighted by atomic mass is 10.1. The van der Waals surface area contributed by atoms with E-state index in [-0.39, 0.29) is 0 Å². The number of nitrogens with one attached hydrogen (secondary N) is 1. The minimum Gasteiger partial charge on any atom is -0.309 e. The van der Waals surface area contributed by atoms with E-state index in [1.54, 1.807) is 0 Å². The van der Waals surface area contributed by atoms with Crippen LogP contribution in [-0.2, 0) is 13.6 Å². The number of rotatable bonds is 6. The molecule has 4 heteroatoms. The molecule has 1 rings (SSSR count). The molecule has 0 amide bonds. The monoisotopic (exact) mass is 229 g/mol. The van der Waals surface area contributed by atoms with Crippen molar-refractivity contribution in [2.45, 2.75) is 32.9 Å². The summed E-state index contributed by atoms with van der Waals surface area (Å²) in [6.45, 7) is 5.27. The Balaban J connectivity index is 2.34. The molecule has 1 heterocycles. The number of hydrogen-bond donors (Lipinski definition) is 1. The van der Waals surface area contributed by atoms with Gasteiger partial charge in [0.2, 0.25) is 0 Å². The van der Waals surface area contributed by atoms with Crippen LogP contribution in [0.3, 0.4) is 0 Å². The second kappa shape index (κ2) is 6.13. The lowest BCUT2D eigenvalue weighted by molar-refractivity contribution is 0.445. The fourth-order valence-corrected chi connectivity index (χ4v) is 1.83. The summed E-state index contributed by atoms with van der Waals surface area (Å²) in [5, 5.41) is 7.57. The summed E-state index contributed by atoms with van der Waals surface area (Å²) >= 11 is 5.90. The van der Waals surface area contributed by atoms with E-state index in [9.17, 15) is 0 Å². The first kappa shape index (κ1) is 12.5. The second-order valence-corrected chi connectivity index (χ2v) is 4.69. The van der Waals surface area contributed by atoms with Gasteiger partial charge in [-0.2, -0.15) is 5.10 Å². The van der Waals surface area contributed by atoms with Crippen molar-refractivity contribution >= 4 is 11.6 Å². The van der Waals surface area contributed by atoms with Gasteiger partial charge < -0.3 is 5.32 Å². The van der Waals surface area contributed by atoms with Gasteiger partial charge in [0.25, 0.3) is 0 Å². The van der Waals surface area contributed by atoms with E-state index in [2.05, 4.69) is 24.3 Å². The van der Waals surface area contributed by atoms with E-state index in [1.165, 1.54) is 5.56 Å². The molecule has 1 atom stereocenters.